The van der Waals surface area contributed by atoms with Gasteiger partial charge in [0.05, 0.1) is 0 Å². The van der Waals surface area contributed by atoms with Crippen LogP contribution in [0.1, 0.15) is 23.6 Å². The summed E-state index contributed by atoms with van der Waals surface area (Å²) in [6.07, 6.45) is 5.19. The highest BCUT2D eigenvalue weighted by Crippen LogP contribution is 2.15. The molecule has 2 aromatic rings. The van der Waals surface area contributed by atoms with E-state index in [1.807, 2.05) is 12.1 Å². The van der Waals surface area contributed by atoms with Crippen LogP contribution in [0.5, 0.6) is 0 Å². The number of nitrogens with zero attached hydrogens (tertiary/aromatic N) is 1. The zero-order valence-electron chi connectivity index (χ0n) is 9.51. The monoisotopic (exact) mass is 230 g/mol. The topological polar surface area (TPSA) is 38.9 Å². The summed E-state index contributed by atoms with van der Waals surface area (Å²) >= 11 is 0. The molecule has 2 nitrogen and oxygen atoms in total. The van der Waals surface area contributed by atoms with Crippen LogP contribution in [-0.2, 0) is 6.42 Å². The van der Waals surface area contributed by atoms with E-state index in [0.717, 1.165) is 24.0 Å². The lowest BCUT2D eigenvalue weighted by atomic mass is 10.0. The Kier molecular flexibility index (Phi) is 3.83. The van der Waals surface area contributed by atoms with Crippen LogP contribution in [0.4, 0.5) is 4.39 Å². The maximum atomic E-state index is 12.7. The third kappa shape index (κ3) is 3.36. The van der Waals surface area contributed by atoms with E-state index in [4.69, 9.17) is 5.73 Å². The van der Waals surface area contributed by atoms with Gasteiger partial charge in [-0.25, -0.2) is 4.39 Å². The SMILES string of the molecule is NC(CCc1ccc(F)cc1)c1cccnc1. The summed E-state index contributed by atoms with van der Waals surface area (Å²) in [4.78, 5) is 4.04. The molecule has 3 heteroatoms. The minimum Gasteiger partial charge on any atom is -0.324 e. The predicted molar refractivity (Wildman–Crippen MR) is 65.9 cm³/mol. The van der Waals surface area contributed by atoms with Crippen molar-refractivity contribution in [3.63, 3.8) is 0 Å². The number of hydrogen-bond acceptors (Lipinski definition) is 2. The molecule has 0 saturated carbocycles. The van der Waals surface area contributed by atoms with Gasteiger partial charge in [0.15, 0.2) is 0 Å². The minimum absolute atomic E-state index is 0.0197. The molecule has 2 N–H and O–H groups in total. The van der Waals surface area contributed by atoms with Gasteiger partial charge >= 0.3 is 0 Å². The molecule has 0 aliphatic rings. The van der Waals surface area contributed by atoms with Crippen molar-refractivity contribution in [2.45, 2.75) is 18.9 Å². The largest absolute Gasteiger partial charge is 0.324 e. The van der Waals surface area contributed by atoms with Crippen LogP contribution >= 0.6 is 0 Å². The van der Waals surface area contributed by atoms with Crippen LogP contribution in [0, 0.1) is 5.82 Å². The van der Waals surface area contributed by atoms with Gasteiger partial charge < -0.3 is 5.73 Å². The highest BCUT2D eigenvalue weighted by atomic mass is 19.1. The van der Waals surface area contributed by atoms with Crippen LogP contribution in [0.2, 0.25) is 0 Å². The average molecular weight is 230 g/mol. The molecule has 1 aromatic heterocycles. The molecule has 17 heavy (non-hydrogen) atoms. The molecule has 1 unspecified atom stereocenters. The Bertz CT molecular complexity index is 453. The first-order valence-corrected chi connectivity index (χ1v) is 5.65. The number of halogens is 1. The summed E-state index contributed by atoms with van der Waals surface area (Å²) in [5.74, 6) is -0.203. The van der Waals surface area contributed by atoms with E-state index >= 15 is 0 Å². The first kappa shape index (κ1) is 11.7. The van der Waals surface area contributed by atoms with E-state index < -0.39 is 0 Å². The summed E-state index contributed by atoms with van der Waals surface area (Å²) in [6, 6.07) is 10.4. The van der Waals surface area contributed by atoms with E-state index in [2.05, 4.69) is 4.98 Å². The van der Waals surface area contributed by atoms with Crippen molar-refractivity contribution in [1.29, 1.82) is 0 Å². The van der Waals surface area contributed by atoms with Crippen molar-refractivity contribution in [3.05, 3.63) is 65.7 Å². The second kappa shape index (κ2) is 5.55. The van der Waals surface area contributed by atoms with Gasteiger partial charge in [0, 0.05) is 18.4 Å². The van der Waals surface area contributed by atoms with Gasteiger partial charge in [-0.1, -0.05) is 18.2 Å². The Morgan fingerprint density at radius 3 is 2.59 bits per heavy atom. The van der Waals surface area contributed by atoms with Crippen LogP contribution in [0.25, 0.3) is 0 Å². The fraction of sp³-hybridized carbons (Fsp3) is 0.214. The lowest BCUT2D eigenvalue weighted by Gasteiger charge is -2.11. The quantitative estimate of drug-likeness (QED) is 0.877. The number of aryl methyl sites for hydroxylation is 1. The molecule has 0 aliphatic heterocycles. The number of pyridine rings is 1. The zero-order chi connectivity index (χ0) is 12.1. The Morgan fingerprint density at radius 2 is 1.94 bits per heavy atom. The van der Waals surface area contributed by atoms with Gasteiger partial charge in [-0.2, -0.15) is 0 Å². The summed E-state index contributed by atoms with van der Waals surface area (Å²) in [5, 5.41) is 0. The lowest BCUT2D eigenvalue weighted by molar-refractivity contribution is 0.623. The number of nitrogens with two attached hydrogens (primary N) is 1. The van der Waals surface area contributed by atoms with Crippen molar-refractivity contribution in [2.24, 2.45) is 5.73 Å². The van der Waals surface area contributed by atoms with Crippen LogP contribution in [0.15, 0.2) is 48.8 Å². The Balaban J connectivity index is 1.92. The normalized spacial score (nSPS) is 12.4. The number of aromatic nitrogens is 1. The average Bonchev–Trinajstić information content (AvgIpc) is 2.39. The van der Waals surface area contributed by atoms with Gasteiger partial charge in [0.25, 0.3) is 0 Å². The van der Waals surface area contributed by atoms with E-state index in [1.54, 1.807) is 24.5 Å². The number of benzene rings is 1. The highest BCUT2D eigenvalue weighted by Gasteiger charge is 2.05. The van der Waals surface area contributed by atoms with Crippen molar-refractivity contribution in [3.8, 4) is 0 Å². The third-order valence-electron chi connectivity index (χ3n) is 2.77. The third-order valence-corrected chi connectivity index (χ3v) is 2.77. The van der Waals surface area contributed by atoms with Crippen LogP contribution in [-0.4, -0.2) is 4.98 Å². The first-order valence-electron chi connectivity index (χ1n) is 5.65. The Morgan fingerprint density at radius 1 is 1.18 bits per heavy atom. The van der Waals surface area contributed by atoms with Crippen molar-refractivity contribution >= 4 is 0 Å². The summed E-state index contributed by atoms with van der Waals surface area (Å²) < 4.78 is 12.7. The van der Waals surface area contributed by atoms with Gasteiger partial charge in [-0.05, 0) is 42.2 Å². The van der Waals surface area contributed by atoms with E-state index in [1.165, 1.54) is 12.1 Å². The van der Waals surface area contributed by atoms with Gasteiger partial charge in [-0.15, -0.1) is 0 Å². The fourth-order valence-corrected chi connectivity index (χ4v) is 1.74. The predicted octanol–water partition coefficient (Wildman–Crippen LogP) is 2.85. The van der Waals surface area contributed by atoms with Crippen LogP contribution < -0.4 is 5.73 Å². The first-order chi connectivity index (χ1) is 8.25. The molecule has 0 bridgehead atoms. The van der Waals surface area contributed by atoms with Gasteiger partial charge in [-0.3, -0.25) is 4.98 Å². The molecule has 0 amide bonds. The van der Waals surface area contributed by atoms with Crippen molar-refractivity contribution in [1.82, 2.24) is 4.98 Å². The van der Waals surface area contributed by atoms with Crippen molar-refractivity contribution in [2.75, 3.05) is 0 Å². The smallest absolute Gasteiger partial charge is 0.123 e. The van der Waals surface area contributed by atoms with E-state index in [0.29, 0.717) is 0 Å². The highest BCUT2D eigenvalue weighted by molar-refractivity contribution is 5.18. The lowest BCUT2D eigenvalue weighted by Crippen LogP contribution is -2.11. The number of hydrogen-bond donors (Lipinski definition) is 1. The zero-order valence-corrected chi connectivity index (χ0v) is 9.51. The molecule has 1 atom stereocenters. The molecule has 0 aliphatic carbocycles. The number of rotatable bonds is 4. The summed E-state index contributed by atoms with van der Waals surface area (Å²) in [6.45, 7) is 0. The molecule has 0 saturated heterocycles. The standard InChI is InChI=1S/C14H15FN2/c15-13-6-3-11(4-7-13)5-8-14(16)12-2-1-9-17-10-12/h1-4,6-7,9-10,14H,5,8,16H2. The molecule has 88 valence electrons. The maximum Gasteiger partial charge on any atom is 0.123 e. The maximum absolute atomic E-state index is 12.7. The molecule has 1 heterocycles. The molecular formula is C14H15FN2. The second-order valence-corrected chi connectivity index (χ2v) is 4.06. The minimum atomic E-state index is -0.203. The molecule has 2 rings (SSSR count). The van der Waals surface area contributed by atoms with Crippen molar-refractivity contribution < 1.29 is 4.39 Å². The molecule has 0 radical (unpaired) electrons. The van der Waals surface area contributed by atoms with Crippen LogP contribution in [0.3, 0.4) is 0 Å². The summed E-state index contributed by atoms with van der Waals surface area (Å²) in [5.41, 5.74) is 8.20. The van der Waals surface area contributed by atoms with E-state index in [-0.39, 0.29) is 11.9 Å². The summed E-state index contributed by atoms with van der Waals surface area (Å²) in [7, 11) is 0. The Labute approximate surface area is 100 Å². The molecule has 0 spiro atoms. The van der Waals surface area contributed by atoms with Gasteiger partial charge in [0.2, 0.25) is 0 Å². The fourth-order valence-electron chi connectivity index (χ4n) is 1.74. The second-order valence-electron chi connectivity index (χ2n) is 4.06. The Hall–Kier alpha value is -1.74. The van der Waals surface area contributed by atoms with Gasteiger partial charge in [0.1, 0.15) is 5.82 Å². The van der Waals surface area contributed by atoms with E-state index in [9.17, 15) is 4.39 Å². The molecule has 0 fully saturated rings. The molecular weight excluding hydrogens is 215 g/mol. The molecule has 1 aromatic carbocycles.